The third-order valence-corrected chi connectivity index (χ3v) is 18.6. The van der Waals surface area contributed by atoms with Crippen LogP contribution in [0, 0.1) is 0 Å². The van der Waals surface area contributed by atoms with Crippen molar-refractivity contribution >= 4 is 44.4 Å². The van der Waals surface area contributed by atoms with E-state index in [0.717, 1.165) is 78.5 Å². The van der Waals surface area contributed by atoms with Gasteiger partial charge in [0, 0.05) is 223 Å². The molecule has 12 aromatic rings. The summed E-state index contributed by atoms with van der Waals surface area (Å²) in [7, 11) is -19.0. The van der Waals surface area contributed by atoms with Gasteiger partial charge in [0.05, 0.1) is 0 Å². The van der Waals surface area contributed by atoms with Gasteiger partial charge in [0.15, 0.2) is 149 Å². The zero-order valence-electron chi connectivity index (χ0n) is 88.1. The van der Waals surface area contributed by atoms with Crippen LogP contribution < -0.4 is 115 Å². The van der Waals surface area contributed by atoms with Crippen molar-refractivity contribution in [2.24, 2.45) is 0 Å². The Labute approximate surface area is 863 Å². The number of hydrogen-bond acceptors (Lipinski definition) is 12. The van der Waals surface area contributed by atoms with Gasteiger partial charge in [-0.3, -0.25) is 0 Å². The summed E-state index contributed by atoms with van der Waals surface area (Å²) in [5.74, 6) is 0. The molecule has 36 heteroatoms. The Bertz CT molecular complexity index is 3370. The summed E-state index contributed by atoms with van der Waals surface area (Å²) in [4.78, 5) is 0. The molecule has 0 bridgehead atoms. The van der Waals surface area contributed by atoms with Crippen LogP contribution in [-0.2, 0) is 78.5 Å². The summed E-state index contributed by atoms with van der Waals surface area (Å²) in [5, 5.41) is 99.7. The van der Waals surface area contributed by atoms with Crippen LogP contribution in [0.5, 0.6) is 0 Å². The molecule has 0 spiro atoms. The first-order valence-corrected chi connectivity index (χ1v) is 50.6. The Morgan fingerprint density at radius 1 is 0.118 bits per heavy atom. The SMILES string of the molecule is CCCC[n+]1ccccc1.CCCC[n+]1ccccc1.CCCC[n+]1ccccc1.CCCC[n+]1ccccc1.CCCC[n+]1ccccc1.CCCC[n+]1ccccc1.CCCC[n+]1ccccc1.CCCC[n+]1ccccc1.CCCC[n+]1ccccc1.CCCC[n+]1ccccc1.CCCC[n+]1ccccc1.CCCC[n+]1ccccc1.[O-]B([O-])F.[O-]B([O-])F.[O-]B([O-])F.[O-]B([O-])F.[O-]B([O-])F.[O-]B([O-])F. The van der Waals surface area contributed by atoms with E-state index in [4.69, 9.17) is 60.3 Å². The number of rotatable bonds is 36. The van der Waals surface area contributed by atoms with Crippen LogP contribution in [0.25, 0.3) is 0 Å². The molecule has 0 fully saturated rings. The molecule has 0 amide bonds. The average molecular weight is 2010 g/mol. The number of aryl methyl sites for hydroxylation is 12. The standard InChI is InChI=1S/12C9H14N.6BFO2/c12*1-2-3-7-10-8-5-4-6-9-10;6*2-1(3)4/h12*4-6,8-9H,2-3,7H2,1H3;;;;;;/q12*+1;6*-2. The van der Waals surface area contributed by atoms with Crippen molar-refractivity contribution in [3.63, 3.8) is 0 Å². The molecule has 12 heterocycles. The van der Waals surface area contributed by atoms with Gasteiger partial charge < -0.3 is 86.2 Å². The van der Waals surface area contributed by atoms with Gasteiger partial charge in [0.1, 0.15) is 123 Å². The number of halogens is 6. The number of unbranched alkanes of at least 4 members (excludes halogenated alkanes) is 12. The lowest BCUT2D eigenvalue weighted by atomic mass is 10.3. The molecule has 0 N–H and O–H groups in total. The molecular weight excluding hydrogens is 1840 g/mol. The molecule has 0 aliphatic heterocycles. The minimum atomic E-state index is -3.17. The molecule has 792 valence electrons. The fourth-order valence-electron chi connectivity index (χ4n) is 11.1. The fraction of sp³-hybridized carbons (Fsp3) is 0.444. The van der Waals surface area contributed by atoms with Crippen molar-refractivity contribution in [3.8, 4) is 0 Å². The quantitative estimate of drug-likeness (QED) is 0.0213. The predicted octanol–water partition coefficient (Wildman–Crippen LogP) is 7.26. The molecule has 12 aromatic heterocycles. The van der Waals surface area contributed by atoms with E-state index in [1.807, 2.05) is 72.8 Å². The van der Waals surface area contributed by atoms with E-state index < -0.39 is 44.4 Å². The summed E-state index contributed by atoms with van der Waals surface area (Å²) in [6, 6.07) is 74.1. The topological polar surface area (TPSA) is 323 Å². The summed E-state index contributed by atoms with van der Waals surface area (Å²) in [5.41, 5.74) is 0. The van der Waals surface area contributed by atoms with Crippen LogP contribution in [-0.4, -0.2) is 44.4 Å². The molecular formula is C108H168B6F6N12O12. The van der Waals surface area contributed by atoms with E-state index in [-0.39, 0.29) is 0 Å². The Hall–Kier alpha value is -10.7. The zero-order chi connectivity index (χ0) is 108. The first-order chi connectivity index (χ1) is 69.6. The second-order valence-electron chi connectivity index (χ2n) is 31.2. The van der Waals surface area contributed by atoms with Crippen LogP contribution in [0.1, 0.15) is 237 Å². The Morgan fingerprint density at radius 3 is 0.208 bits per heavy atom. The molecule has 0 aliphatic carbocycles. The van der Waals surface area contributed by atoms with Gasteiger partial charge in [-0.05, 0) is 0 Å². The van der Waals surface area contributed by atoms with Crippen molar-refractivity contribution in [1.82, 2.24) is 0 Å². The predicted molar refractivity (Wildman–Crippen MR) is 540 cm³/mol. The van der Waals surface area contributed by atoms with E-state index in [1.54, 1.807) is 0 Å². The van der Waals surface area contributed by atoms with Gasteiger partial charge in [-0.2, -0.15) is 0 Å². The van der Waals surface area contributed by atoms with Gasteiger partial charge in [0.25, 0.3) is 0 Å². The minimum absolute atomic E-state index is 1.15. The normalized spacial score (nSPS) is 9.21. The maximum absolute atomic E-state index is 9.89. The van der Waals surface area contributed by atoms with Gasteiger partial charge in [-0.25, -0.2) is 54.8 Å². The summed E-state index contributed by atoms with van der Waals surface area (Å²) < 4.78 is 85.9. The average Bonchev–Trinajstić information content (AvgIpc) is 1.05. The lowest BCUT2D eigenvalue weighted by Crippen LogP contribution is -2.39. The van der Waals surface area contributed by atoms with Crippen LogP contribution in [0.15, 0.2) is 367 Å². The molecule has 0 aromatic carbocycles. The summed E-state index contributed by atoms with van der Waals surface area (Å²) >= 11 is 0. The van der Waals surface area contributed by atoms with Gasteiger partial charge in [-0.1, -0.05) is 233 Å². The first-order valence-electron chi connectivity index (χ1n) is 50.6. The zero-order valence-corrected chi connectivity index (χ0v) is 88.1. The lowest BCUT2D eigenvalue weighted by Gasteiger charge is -2.09. The number of aromatic nitrogens is 12. The van der Waals surface area contributed by atoms with Crippen molar-refractivity contribution in [3.05, 3.63) is 367 Å². The van der Waals surface area contributed by atoms with E-state index in [0.29, 0.717) is 0 Å². The third kappa shape index (κ3) is 125. The largest absolute Gasteiger partial charge is 0.867 e. The molecule has 12 rings (SSSR count). The third-order valence-electron chi connectivity index (χ3n) is 18.6. The van der Waals surface area contributed by atoms with Crippen molar-refractivity contribution in [1.29, 1.82) is 0 Å². The highest BCUT2D eigenvalue weighted by molar-refractivity contribution is 6.28. The van der Waals surface area contributed by atoms with Gasteiger partial charge in [0.2, 0.25) is 0 Å². The maximum atomic E-state index is 9.89. The maximum Gasteiger partial charge on any atom is 0.168 e. The van der Waals surface area contributed by atoms with Crippen molar-refractivity contribution < 1.29 is 141 Å². The number of nitrogens with zero attached hydrogens (tertiary/aromatic N) is 12. The molecule has 0 unspecified atom stereocenters. The van der Waals surface area contributed by atoms with E-state index >= 15 is 0 Å². The minimum Gasteiger partial charge on any atom is -0.867 e. The highest BCUT2D eigenvalue weighted by Gasteiger charge is 2.03. The van der Waals surface area contributed by atoms with E-state index in [9.17, 15) is 25.9 Å². The van der Waals surface area contributed by atoms with Crippen LogP contribution >= 0.6 is 0 Å². The van der Waals surface area contributed by atoms with E-state index in [1.165, 1.54) is 154 Å². The fourth-order valence-corrected chi connectivity index (χ4v) is 11.1. The number of hydrogen-bond donors (Lipinski definition) is 0. The second kappa shape index (κ2) is 118. The molecule has 0 radical (unpaired) electrons. The van der Waals surface area contributed by atoms with Gasteiger partial charge >= 0.3 is 0 Å². The van der Waals surface area contributed by atoms with Crippen LogP contribution in [0.4, 0.5) is 25.9 Å². The van der Waals surface area contributed by atoms with Crippen LogP contribution in [0.2, 0.25) is 0 Å². The molecule has 0 saturated heterocycles. The Morgan fingerprint density at radius 2 is 0.167 bits per heavy atom. The highest BCUT2D eigenvalue weighted by atomic mass is 19.1. The monoisotopic (exact) mass is 2010 g/mol. The van der Waals surface area contributed by atoms with Crippen molar-refractivity contribution in [2.45, 2.75) is 316 Å². The molecule has 24 nitrogen and oxygen atoms in total. The molecule has 0 saturated carbocycles. The summed E-state index contributed by atoms with van der Waals surface area (Å²) in [6.07, 6.45) is 81.0. The Kier molecular flexibility index (Phi) is 118. The molecule has 144 heavy (non-hydrogen) atoms. The smallest absolute Gasteiger partial charge is 0.168 e. The first kappa shape index (κ1) is 144. The number of pyridine rings is 12. The highest BCUT2D eigenvalue weighted by Crippen LogP contribution is 1.96. The Balaban J connectivity index is -0.000000353. The van der Waals surface area contributed by atoms with Gasteiger partial charge in [-0.15, -0.1) is 0 Å². The van der Waals surface area contributed by atoms with Crippen LogP contribution in [0.3, 0.4) is 0 Å². The van der Waals surface area contributed by atoms with E-state index in [2.05, 4.69) is 432 Å². The molecule has 0 aliphatic rings. The second-order valence-corrected chi connectivity index (χ2v) is 31.2. The van der Waals surface area contributed by atoms with Crippen molar-refractivity contribution in [2.75, 3.05) is 0 Å². The lowest BCUT2D eigenvalue weighted by molar-refractivity contribution is -0.697. The summed E-state index contributed by atoms with van der Waals surface area (Å²) in [6.45, 7) is 40.3. The molecule has 0 atom stereocenters.